The molecule has 2 saturated heterocycles. The Kier molecular flexibility index (Phi) is 6.40. The molecule has 2 aliphatic carbocycles. The van der Waals surface area contributed by atoms with Gasteiger partial charge in [0.2, 0.25) is 17.4 Å². The number of aryl methyl sites for hydroxylation is 1. The van der Waals surface area contributed by atoms with Gasteiger partial charge in [-0.3, -0.25) is 14.4 Å². The first-order valence-corrected chi connectivity index (χ1v) is 13.8. The van der Waals surface area contributed by atoms with Crippen LogP contribution in [-0.4, -0.2) is 59.3 Å². The number of hydrogen-bond acceptors (Lipinski definition) is 6. The molecule has 0 radical (unpaired) electrons. The van der Waals surface area contributed by atoms with Crippen molar-refractivity contribution in [3.05, 3.63) is 65.0 Å². The summed E-state index contributed by atoms with van der Waals surface area (Å²) >= 11 is 0. The summed E-state index contributed by atoms with van der Waals surface area (Å²) in [7, 11) is 0. The van der Waals surface area contributed by atoms with Gasteiger partial charge < -0.3 is 20.3 Å². The van der Waals surface area contributed by atoms with E-state index in [0.29, 0.717) is 36.7 Å². The van der Waals surface area contributed by atoms with Crippen LogP contribution >= 0.6 is 0 Å². The highest BCUT2D eigenvalue weighted by molar-refractivity contribution is 6.06. The Hall–Kier alpha value is -3.79. The van der Waals surface area contributed by atoms with Crippen LogP contribution in [0.1, 0.15) is 49.8 Å². The van der Waals surface area contributed by atoms with Gasteiger partial charge in [-0.25, -0.2) is 14.1 Å². The second kappa shape index (κ2) is 9.69. The summed E-state index contributed by atoms with van der Waals surface area (Å²) in [6, 6.07) is 11.2. The normalized spacial score (nSPS) is 23.4. The van der Waals surface area contributed by atoms with Gasteiger partial charge in [0, 0.05) is 43.3 Å². The van der Waals surface area contributed by atoms with Crippen LogP contribution in [0.25, 0.3) is 0 Å². The van der Waals surface area contributed by atoms with E-state index in [2.05, 4.69) is 10.6 Å². The molecule has 3 fully saturated rings. The molecule has 10 heteroatoms. The SMILES string of the molecule is C[C@@H](C1CC1)N(Cc1ccc(F)cc1)C(=O)CN1C(=O)OC2(CCc3cc(NC(=O)C4(C)CNC4)ccc32)C1=O. The minimum absolute atomic E-state index is 0.0717. The third kappa shape index (κ3) is 4.54. The van der Waals surface area contributed by atoms with Crippen LogP contribution in [-0.2, 0) is 37.7 Å². The lowest BCUT2D eigenvalue weighted by atomic mass is 9.83. The Labute approximate surface area is 232 Å². The maximum atomic E-state index is 13.7. The van der Waals surface area contributed by atoms with E-state index >= 15 is 0 Å². The van der Waals surface area contributed by atoms with Crippen LogP contribution < -0.4 is 10.6 Å². The second-order valence-corrected chi connectivity index (χ2v) is 11.8. The van der Waals surface area contributed by atoms with Crippen molar-refractivity contribution in [1.82, 2.24) is 15.1 Å². The third-order valence-corrected chi connectivity index (χ3v) is 8.87. The highest BCUT2D eigenvalue weighted by Gasteiger charge is 2.58. The summed E-state index contributed by atoms with van der Waals surface area (Å²) in [5, 5.41) is 6.07. The summed E-state index contributed by atoms with van der Waals surface area (Å²) in [4.78, 5) is 55.5. The molecule has 1 unspecified atom stereocenters. The number of anilines is 1. The number of ether oxygens (including phenoxy) is 1. The summed E-state index contributed by atoms with van der Waals surface area (Å²) in [5.41, 5.74) is 0.885. The predicted molar refractivity (Wildman–Crippen MR) is 143 cm³/mol. The Morgan fingerprint density at radius 1 is 1.18 bits per heavy atom. The molecule has 2 N–H and O–H groups in total. The topological polar surface area (TPSA) is 108 Å². The smallest absolute Gasteiger partial charge is 0.418 e. The van der Waals surface area contributed by atoms with E-state index in [0.717, 1.165) is 28.9 Å². The molecule has 0 aromatic heterocycles. The van der Waals surface area contributed by atoms with Crippen LogP contribution in [0.15, 0.2) is 42.5 Å². The minimum atomic E-state index is -1.47. The van der Waals surface area contributed by atoms with Crippen molar-refractivity contribution in [3.63, 3.8) is 0 Å². The lowest BCUT2D eigenvalue weighted by Gasteiger charge is -2.37. The van der Waals surface area contributed by atoms with Crippen molar-refractivity contribution in [1.29, 1.82) is 0 Å². The van der Waals surface area contributed by atoms with Crippen LogP contribution in [0.3, 0.4) is 0 Å². The highest BCUT2D eigenvalue weighted by Crippen LogP contribution is 2.46. The summed E-state index contributed by atoms with van der Waals surface area (Å²) in [6.07, 6.45) is 1.95. The molecule has 4 aliphatic rings. The first-order chi connectivity index (χ1) is 19.1. The maximum Gasteiger partial charge on any atom is 0.418 e. The zero-order valence-corrected chi connectivity index (χ0v) is 22.7. The van der Waals surface area contributed by atoms with Gasteiger partial charge in [-0.15, -0.1) is 0 Å². The van der Waals surface area contributed by atoms with Crippen molar-refractivity contribution in [3.8, 4) is 0 Å². The van der Waals surface area contributed by atoms with Gasteiger partial charge in [0.15, 0.2) is 0 Å². The Morgan fingerprint density at radius 3 is 2.55 bits per heavy atom. The second-order valence-electron chi connectivity index (χ2n) is 11.8. The molecule has 0 bridgehead atoms. The number of benzene rings is 2. The molecule has 2 atom stereocenters. The van der Waals surface area contributed by atoms with Gasteiger partial charge in [-0.2, -0.15) is 0 Å². The summed E-state index contributed by atoms with van der Waals surface area (Å²) < 4.78 is 19.2. The Bertz CT molecular complexity index is 1390. The molecular weight excluding hydrogens is 515 g/mol. The molecule has 210 valence electrons. The average Bonchev–Trinajstić information content (AvgIpc) is 3.67. The van der Waals surface area contributed by atoms with E-state index in [1.807, 2.05) is 19.9 Å². The van der Waals surface area contributed by atoms with Crippen LogP contribution in [0, 0.1) is 17.2 Å². The average molecular weight is 549 g/mol. The Morgan fingerprint density at radius 2 is 1.90 bits per heavy atom. The number of nitrogens with zero attached hydrogens (tertiary/aromatic N) is 2. The van der Waals surface area contributed by atoms with E-state index in [9.17, 15) is 23.6 Å². The number of carbonyl (C=O) groups excluding carboxylic acids is 4. The Balaban J connectivity index is 1.18. The number of amides is 4. The number of carbonyl (C=O) groups is 4. The third-order valence-electron chi connectivity index (χ3n) is 8.87. The molecule has 4 amide bonds. The van der Waals surface area contributed by atoms with Crippen molar-refractivity contribution < 1.29 is 28.3 Å². The van der Waals surface area contributed by atoms with Gasteiger partial charge in [0.25, 0.3) is 5.91 Å². The molecule has 9 nitrogen and oxygen atoms in total. The van der Waals surface area contributed by atoms with Gasteiger partial charge in [0.05, 0.1) is 5.41 Å². The van der Waals surface area contributed by atoms with E-state index in [1.165, 1.54) is 12.1 Å². The molecule has 6 rings (SSSR count). The standard InChI is InChI=1S/C30H33FN4O5/c1-18(20-5-6-20)34(14-19-3-7-22(31)8-4-19)25(36)15-35-27(38)30(40-28(35)39)12-11-21-13-23(9-10-24(21)30)33-26(37)29(2)16-32-17-29/h3-4,7-10,13,18,20,32H,5-6,11-12,14-17H2,1-2H3,(H,33,37)/t18-,30?/m0/s1. The van der Waals surface area contributed by atoms with Crippen LogP contribution in [0.2, 0.25) is 0 Å². The monoisotopic (exact) mass is 548 g/mol. The van der Waals surface area contributed by atoms with Crippen molar-refractivity contribution in [2.45, 2.75) is 57.7 Å². The molecule has 2 aromatic rings. The predicted octanol–water partition coefficient (Wildman–Crippen LogP) is 3.32. The van der Waals surface area contributed by atoms with Crippen LogP contribution in [0.5, 0.6) is 0 Å². The molecule has 1 spiro atoms. The lowest BCUT2D eigenvalue weighted by Crippen LogP contribution is -2.58. The van der Waals surface area contributed by atoms with Crippen molar-refractivity contribution in [2.24, 2.45) is 11.3 Å². The van der Waals surface area contributed by atoms with Gasteiger partial charge in [-0.1, -0.05) is 18.2 Å². The van der Waals surface area contributed by atoms with Gasteiger partial charge in [0.1, 0.15) is 12.4 Å². The number of halogens is 1. The summed E-state index contributed by atoms with van der Waals surface area (Å²) in [5.74, 6) is -0.977. The molecule has 2 heterocycles. The fraction of sp³-hybridized carbons (Fsp3) is 0.467. The zero-order valence-electron chi connectivity index (χ0n) is 22.7. The number of hydrogen-bond donors (Lipinski definition) is 2. The maximum absolute atomic E-state index is 13.7. The fourth-order valence-corrected chi connectivity index (χ4v) is 5.98. The van der Waals surface area contributed by atoms with Crippen molar-refractivity contribution >= 4 is 29.5 Å². The molecular formula is C30H33FN4O5. The molecule has 40 heavy (non-hydrogen) atoms. The van der Waals surface area contributed by atoms with Crippen LogP contribution in [0.4, 0.5) is 14.9 Å². The van der Waals surface area contributed by atoms with Crippen molar-refractivity contribution in [2.75, 3.05) is 25.0 Å². The number of rotatable bonds is 8. The van der Waals surface area contributed by atoms with E-state index in [4.69, 9.17) is 4.74 Å². The van der Waals surface area contributed by atoms with E-state index in [-0.39, 0.29) is 36.6 Å². The number of imide groups is 1. The van der Waals surface area contributed by atoms with Gasteiger partial charge >= 0.3 is 6.09 Å². The largest absolute Gasteiger partial charge is 0.427 e. The summed E-state index contributed by atoms with van der Waals surface area (Å²) in [6.45, 7) is 4.94. The molecule has 1 saturated carbocycles. The van der Waals surface area contributed by atoms with E-state index in [1.54, 1.807) is 29.2 Å². The minimum Gasteiger partial charge on any atom is -0.427 e. The zero-order chi connectivity index (χ0) is 28.2. The first kappa shape index (κ1) is 26.4. The molecule has 2 aromatic carbocycles. The lowest BCUT2D eigenvalue weighted by molar-refractivity contribution is -0.143. The number of fused-ring (bicyclic) bond motifs is 2. The molecule has 2 aliphatic heterocycles. The van der Waals surface area contributed by atoms with Gasteiger partial charge in [-0.05, 0) is 74.4 Å². The number of nitrogens with one attached hydrogen (secondary N) is 2. The van der Waals surface area contributed by atoms with E-state index < -0.39 is 29.6 Å². The first-order valence-electron chi connectivity index (χ1n) is 13.8. The highest BCUT2D eigenvalue weighted by atomic mass is 19.1. The quantitative estimate of drug-likeness (QED) is 0.524. The fourth-order valence-electron chi connectivity index (χ4n) is 5.98.